The van der Waals surface area contributed by atoms with E-state index < -0.39 is 0 Å². The Hall–Kier alpha value is -0.400. The Morgan fingerprint density at radius 2 is 1.43 bits per heavy atom. The predicted octanol–water partition coefficient (Wildman–Crippen LogP) is 2.82. The third kappa shape index (κ3) is 0.753. The summed E-state index contributed by atoms with van der Waals surface area (Å²) in [4.78, 5) is 10.9. The van der Waals surface area contributed by atoms with E-state index in [0.717, 1.165) is 36.0 Å². The van der Waals surface area contributed by atoms with Crippen LogP contribution in [0.1, 0.15) is 32.1 Å². The maximum absolute atomic E-state index is 10.9. The van der Waals surface area contributed by atoms with Crippen molar-refractivity contribution < 1.29 is 0 Å². The molecule has 4 aliphatic rings. The van der Waals surface area contributed by atoms with E-state index in [1.807, 2.05) is 0 Å². The largest absolute Gasteiger partial charge is 0.151 e. The lowest BCUT2D eigenvalue weighted by molar-refractivity contribution is 0.0674. The van der Waals surface area contributed by atoms with E-state index in [1.54, 1.807) is 0 Å². The zero-order chi connectivity index (χ0) is 9.28. The number of rotatable bonds is 1. The van der Waals surface area contributed by atoms with Crippen LogP contribution in [0.15, 0.2) is 5.18 Å². The van der Waals surface area contributed by atoms with Gasteiger partial charge in [-0.2, -0.15) is 4.91 Å². The molecule has 4 aliphatic carbocycles. The van der Waals surface area contributed by atoms with Crippen LogP contribution in [0.4, 0.5) is 0 Å². The van der Waals surface area contributed by atoms with Gasteiger partial charge in [0.15, 0.2) is 0 Å². The van der Waals surface area contributed by atoms with Gasteiger partial charge in [0.1, 0.15) is 0 Å². The highest BCUT2D eigenvalue weighted by Crippen LogP contribution is 2.65. The minimum Gasteiger partial charge on any atom is -0.151 e. The molecule has 6 unspecified atom stereocenters. The molecular formula is C12H17NO. The van der Waals surface area contributed by atoms with E-state index in [1.165, 1.54) is 25.7 Å². The third-order valence-electron chi connectivity index (χ3n) is 5.88. The van der Waals surface area contributed by atoms with Crippen molar-refractivity contribution in [3.8, 4) is 0 Å². The smallest absolute Gasteiger partial charge is 0.0953 e. The first-order valence-corrected chi connectivity index (χ1v) is 6.19. The lowest BCUT2D eigenvalue weighted by Crippen LogP contribution is -2.40. The summed E-state index contributed by atoms with van der Waals surface area (Å²) >= 11 is 0. The molecule has 2 nitrogen and oxygen atoms in total. The maximum atomic E-state index is 10.9. The Bertz CT molecular complexity index is 288. The van der Waals surface area contributed by atoms with Gasteiger partial charge in [-0.05, 0) is 67.6 Å². The molecule has 76 valence electrons. The quantitative estimate of drug-likeness (QED) is 0.586. The number of fused-ring (bicyclic) bond motifs is 3. The molecule has 0 amide bonds. The first-order valence-electron chi connectivity index (χ1n) is 6.19. The zero-order valence-corrected chi connectivity index (χ0v) is 8.43. The average molecular weight is 191 g/mol. The highest BCUT2D eigenvalue weighted by molar-refractivity contribution is 5.09. The standard InChI is InChI=1S/C12H17NO/c14-13-12-5-7-3-10-9-2-6(7)1-8(9)4-11(10)12/h6-12H,1-5H2/t6?,7?,8?,9?,10?,11-,12?/m1/s1. The Morgan fingerprint density at radius 3 is 2.29 bits per heavy atom. The first kappa shape index (κ1) is 7.84. The minimum absolute atomic E-state index is 0.203. The molecule has 4 rings (SSSR count). The van der Waals surface area contributed by atoms with Crippen LogP contribution in [0.2, 0.25) is 0 Å². The second-order valence-electron chi connectivity index (χ2n) is 6.12. The summed E-state index contributed by atoms with van der Waals surface area (Å²) in [5.74, 6) is 5.45. The van der Waals surface area contributed by atoms with Crippen molar-refractivity contribution in [2.75, 3.05) is 0 Å². The first-order chi connectivity index (χ1) is 6.86. The number of nitroso groups, excluding NO2 is 1. The summed E-state index contributed by atoms with van der Waals surface area (Å²) in [6, 6.07) is 0.203. The molecule has 0 N–H and O–H groups in total. The van der Waals surface area contributed by atoms with Crippen molar-refractivity contribution in [3.05, 3.63) is 4.91 Å². The van der Waals surface area contributed by atoms with Gasteiger partial charge in [-0.15, -0.1) is 0 Å². The predicted molar refractivity (Wildman–Crippen MR) is 53.6 cm³/mol. The van der Waals surface area contributed by atoms with Crippen LogP contribution in [-0.4, -0.2) is 6.04 Å². The van der Waals surface area contributed by atoms with Gasteiger partial charge in [0, 0.05) is 0 Å². The van der Waals surface area contributed by atoms with E-state index in [9.17, 15) is 4.91 Å². The van der Waals surface area contributed by atoms with Crippen molar-refractivity contribution in [2.45, 2.75) is 38.1 Å². The Morgan fingerprint density at radius 1 is 0.714 bits per heavy atom. The van der Waals surface area contributed by atoms with E-state index in [4.69, 9.17) is 0 Å². The van der Waals surface area contributed by atoms with Crippen LogP contribution in [-0.2, 0) is 0 Å². The highest BCUT2D eigenvalue weighted by Gasteiger charge is 2.59. The van der Waals surface area contributed by atoms with Crippen LogP contribution in [0.25, 0.3) is 0 Å². The lowest BCUT2D eigenvalue weighted by atomic mass is 9.62. The van der Waals surface area contributed by atoms with Crippen molar-refractivity contribution in [3.63, 3.8) is 0 Å². The van der Waals surface area contributed by atoms with Gasteiger partial charge < -0.3 is 0 Å². The molecule has 2 heteroatoms. The van der Waals surface area contributed by atoms with Crippen molar-refractivity contribution in [1.82, 2.24) is 0 Å². The molecule has 0 radical (unpaired) electrons. The topological polar surface area (TPSA) is 29.4 Å². The molecule has 0 heterocycles. The molecule has 0 aromatic rings. The summed E-state index contributed by atoms with van der Waals surface area (Å²) in [5.41, 5.74) is 0. The fourth-order valence-electron chi connectivity index (χ4n) is 5.45. The molecular weight excluding hydrogens is 174 g/mol. The zero-order valence-electron chi connectivity index (χ0n) is 8.43. The Labute approximate surface area is 84.4 Å². The summed E-state index contributed by atoms with van der Waals surface area (Å²) in [6.07, 6.45) is 6.92. The fourth-order valence-corrected chi connectivity index (χ4v) is 5.45. The van der Waals surface area contributed by atoms with Crippen LogP contribution in [0, 0.1) is 40.4 Å². The Balaban J connectivity index is 1.78. The monoisotopic (exact) mass is 191 g/mol. The second kappa shape index (κ2) is 2.40. The number of nitrogens with zero attached hydrogens (tertiary/aromatic N) is 1. The molecule has 0 aromatic heterocycles. The van der Waals surface area contributed by atoms with Crippen LogP contribution >= 0.6 is 0 Å². The van der Waals surface area contributed by atoms with Gasteiger partial charge in [0.25, 0.3) is 0 Å². The van der Waals surface area contributed by atoms with Crippen molar-refractivity contribution in [1.29, 1.82) is 0 Å². The molecule has 0 aromatic carbocycles. The molecule has 14 heavy (non-hydrogen) atoms. The summed E-state index contributed by atoms with van der Waals surface area (Å²) in [6.45, 7) is 0. The van der Waals surface area contributed by atoms with E-state index in [0.29, 0.717) is 5.92 Å². The summed E-state index contributed by atoms with van der Waals surface area (Å²) in [7, 11) is 0. The number of hydrogen-bond donors (Lipinski definition) is 0. The fraction of sp³-hybridized carbons (Fsp3) is 1.00. The lowest BCUT2D eigenvalue weighted by Gasteiger charge is -2.44. The molecule has 0 spiro atoms. The van der Waals surface area contributed by atoms with E-state index in [-0.39, 0.29) is 6.04 Å². The van der Waals surface area contributed by atoms with Gasteiger partial charge in [0.2, 0.25) is 0 Å². The van der Waals surface area contributed by atoms with E-state index >= 15 is 0 Å². The maximum Gasteiger partial charge on any atom is 0.0953 e. The molecule has 0 aliphatic heterocycles. The van der Waals surface area contributed by atoms with Crippen LogP contribution < -0.4 is 0 Å². The second-order valence-corrected chi connectivity index (χ2v) is 6.12. The average Bonchev–Trinajstić information content (AvgIpc) is 2.69. The third-order valence-corrected chi connectivity index (χ3v) is 5.88. The minimum atomic E-state index is 0.203. The SMILES string of the molecule is O=NC1CC2CC3C4CC2CC4C[C@@H]13. The van der Waals surface area contributed by atoms with Gasteiger partial charge in [-0.3, -0.25) is 0 Å². The highest BCUT2D eigenvalue weighted by atomic mass is 16.3. The van der Waals surface area contributed by atoms with Crippen molar-refractivity contribution >= 4 is 0 Å². The van der Waals surface area contributed by atoms with Gasteiger partial charge in [-0.25, -0.2) is 0 Å². The van der Waals surface area contributed by atoms with Gasteiger partial charge in [-0.1, -0.05) is 5.18 Å². The number of hydrogen-bond acceptors (Lipinski definition) is 2. The van der Waals surface area contributed by atoms with Crippen LogP contribution in [0.3, 0.4) is 0 Å². The summed E-state index contributed by atoms with van der Waals surface area (Å²) < 4.78 is 0. The normalized spacial score (nSPS) is 63.3. The van der Waals surface area contributed by atoms with E-state index in [2.05, 4.69) is 5.18 Å². The molecule has 0 saturated heterocycles. The van der Waals surface area contributed by atoms with Gasteiger partial charge in [0.05, 0.1) is 6.04 Å². The Kier molecular flexibility index (Phi) is 1.34. The molecule has 4 bridgehead atoms. The van der Waals surface area contributed by atoms with Crippen LogP contribution in [0.5, 0.6) is 0 Å². The molecule has 4 saturated carbocycles. The molecule has 7 atom stereocenters. The summed E-state index contributed by atoms with van der Waals surface area (Å²) in [5, 5.41) is 3.41. The molecule has 4 fully saturated rings. The van der Waals surface area contributed by atoms with Gasteiger partial charge >= 0.3 is 0 Å². The van der Waals surface area contributed by atoms with Crippen molar-refractivity contribution in [2.24, 2.45) is 40.7 Å².